The monoisotopic (exact) mass is 234 g/mol. The molecule has 0 heterocycles. The molecule has 0 spiro atoms. The highest BCUT2D eigenvalue weighted by molar-refractivity contribution is 5.73. The lowest BCUT2D eigenvalue weighted by atomic mass is 10.1. The first kappa shape index (κ1) is 13.7. The van der Waals surface area contributed by atoms with Crippen LogP contribution in [0, 0.1) is 13.8 Å². The Morgan fingerprint density at radius 3 is 2.76 bits per heavy atom. The third kappa shape index (κ3) is 5.50. The van der Waals surface area contributed by atoms with Crippen molar-refractivity contribution in [1.82, 2.24) is 5.32 Å². The largest absolute Gasteiger partial charge is 0.370 e. The summed E-state index contributed by atoms with van der Waals surface area (Å²) >= 11 is 0. The summed E-state index contributed by atoms with van der Waals surface area (Å²) in [5, 5.41) is 3.39. The smallest absolute Gasteiger partial charge is 0.217 e. The number of carbonyl (C=O) groups excluding carboxylic acids is 1. The fourth-order valence-corrected chi connectivity index (χ4v) is 1.76. The van der Waals surface area contributed by atoms with Gasteiger partial charge in [-0.3, -0.25) is 4.79 Å². The van der Waals surface area contributed by atoms with E-state index in [-0.39, 0.29) is 5.91 Å². The van der Waals surface area contributed by atoms with Gasteiger partial charge in [0.15, 0.2) is 0 Å². The average Bonchev–Trinajstić information content (AvgIpc) is 2.27. The molecule has 0 aliphatic rings. The zero-order chi connectivity index (χ0) is 12.7. The minimum atomic E-state index is -0.209. The molecular formula is C14H22N2O. The molecule has 0 aliphatic heterocycles. The number of nitrogens with one attached hydrogen (secondary N) is 1. The molecule has 1 amide bonds. The van der Waals surface area contributed by atoms with Gasteiger partial charge in [0.2, 0.25) is 5.91 Å². The molecule has 0 atom stereocenters. The first-order valence-corrected chi connectivity index (χ1v) is 6.15. The van der Waals surface area contributed by atoms with Crippen molar-refractivity contribution in [2.45, 2.75) is 39.7 Å². The maximum atomic E-state index is 10.5. The van der Waals surface area contributed by atoms with Gasteiger partial charge in [0.1, 0.15) is 0 Å². The Bertz CT molecular complexity index is 374. The Morgan fingerprint density at radius 2 is 2.06 bits per heavy atom. The minimum absolute atomic E-state index is 0.209. The summed E-state index contributed by atoms with van der Waals surface area (Å²) in [5.74, 6) is -0.209. The third-order valence-corrected chi connectivity index (χ3v) is 2.85. The number of hydrogen-bond acceptors (Lipinski definition) is 2. The van der Waals surface area contributed by atoms with Gasteiger partial charge in [-0.1, -0.05) is 23.8 Å². The van der Waals surface area contributed by atoms with Crippen molar-refractivity contribution in [3.05, 3.63) is 34.9 Å². The van der Waals surface area contributed by atoms with Gasteiger partial charge in [0, 0.05) is 13.0 Å². The van der Waals surface area contributed by atoms with E-state index < -0.39 is 0 Å². The number of amides is 1. The Balaban J connectivity index is 2.22. The highest BCUT2D eigenvalue weighted by atomic mass is 16.1. The maximum Gasteiger partial charge on any atom is 0.217 e. The highest BCUT2D eigenvalue weighted by Gasteiger charge is 1.98. The van der Waals surface area contributed by atoms with Crippen LogP contribution in [0.1, 0.15) is 36.0 Å². The van der Waals surface area contributed by atoms with Crippen LogP contribution in [0.15, 0.2) is 18.2 Å². The number of carbonyl (C=O) groups is 1. The molecule has 3 nitrogen and oxygen atoms in total. The van der Waals surface area contributed by atoms with Gasteiger partial charge >= 0.3 is 0 Å². The standard InChI is InChI=1S/C14H22N2O/c1-11-6-7-12(2)13(9-11)10-16-8-4-3-5-14(15)17/h6-7,9,16H,3-5,8,10H2,1-2H3,(H2,15,17). The molecule has 0 aromatic heterocycles. The van der Waals surface area contributed by atoms with Crippen molar-refractivity contribution >= 4 is 5.91 Å². The van der Waals surface area contributed by atoms with E-state index in [0.29, 0.717) is 6.42 Å². The van der Waals surface area contributed by atoms with Crippen LogP contribution in [-0.4, -0.2) is 12.5 Å². The van der Waals surface area contributed by atoms with E-state index in [2.05, 4.69) is 37.4 Å². The van der Waals surface area contributed by atoms with Crippen molar-refractivity contribution in [1.29, 1.82) is 0 Å². The number of benzene rings is 1. The zero-order valence-corrected chi connectivity index (χ0v) is 10.8. The van der Waals surface area contributed by atoms with E-state index in [1.54, 1.807) is 0 Å². The first-order valence-electron chi connectivity index (χ1n) is 6.15. The van der Waals surface area contributed by atoms with E-state index in [0.717, 1.165) is 25.9 Å². The molecular weight excluding hydrogens is 212 g/mol. The number of nitrogens with two attached hydrogens (primary N) is 1. The van der Waals surface area contributed by atoms with Crippen LogP contribution in [0.5, 0.6) is 0 Å². The predicted octanol–water partition coefficient (Wildman–Crippen LogP) is 2.05. The van der Waals surface area contributed by atoms with Crippen molar-refractivity contribution < 1.29 is 4.79 Å². The van der Waals surface area contributed by atoms with Crippen LogP contribution < -0.4 is 11.1 Å². The van der Waals surface area contributed by atoms with Crippen molar-refractivity contribution in [3.8, 4) is 0 Å². The summed E-state index contributed by atoms with van der Waals surface area (Å²) in [6, 6.07) is 6.50. The van der Waals surface area contributed by atoms with Gasteiger partial charge in [0.05, 0.1) is 0 Å². The maximum absolute atomic E-state index is 10.5. The third-order valence-electron chi connectivity index (χ3n) is 2.85. The molecule has 1 rings (SSSR count). The molecule has 1 aromatic rings. The molecule has 3 heteroatoms. The lowest BCUT2D eigenvalue weighted by molar-refractivity contribution is -0.118. The summed E-state index contributed by atoms with van der Waals surface area (Å²) in [7, 11) is 0. The van der Waals surface area contributed by atoms with Gasteiger partial charge in [-0.25, -0.2) is 0 Å². The fourth-order valence-electron chi connectivity index (χ4n) is 1.76. The van der Waals surface area contributed by atoms with E-state index >= 15 is 0 Å². The quantitative estimate of drug-likeness (QED) is 0.709. The van der Waals surface area contributed by atoms with Crippen LogP contribution in [0.2, 0.25) is 0 Å². The molecule has 0 saturated heterocycles. The molecule has 17 heavy (non-hydrogen) atoms. The fraction of sp³-hybridized carbons (Fsp3) is 0.500. The van der Waals surface area contributed by atoms with E-state index in [9.17, 15) is 4.79 Å². The first-order chi connectivity index (χ1) is 8.09. The molecule has 0 radical (unpaired) electrons. The number of primary amides is 1. The Hall–Kier alpha value is -1.35. The minimum Gasteiger partial charge on any atom is -0.370 e. The van der Waals surface area contributed by atoms with E-state index in [1.807, 2.05) is 0 Å². The van der Waals surface area contributed by atoms with Crippen molar-refractivity contribution in [2.24, 2.45) is 5.73 Å². The second kappa shape index (κ2) is 7.07. The van der Waals surface area contributed by atoms with Crippen LogP contribution in [0.25, 0.3) is 0 Å². The van der Waals surface area contributed by atoms with Crippen LogP contribution >= 0.6 is 0 Å². The Kier molecular flexibility index (Phi) is 5.70. The summed E-state index contributed by atoms with van der Waals surface area (Å²) in [5.41, 5.74) is 9.03. The summed E-state index contributed by atoms with van der Waals surface area (Å²) in [6.07, 6.45) is 2.36. The lowest BCUT2D eigenvalue weighted by Crippen LogP contribution is -2.16. The van der Waals surface area contributed by atoms with E-state index in [1.165, 1.54) is 16.7 Å². The zero-order valence-electron chi connectivity index (χ0n) is 10.8. The molecule has 0 fully saturated rings. The van der Waals surface area contributed by atoms with Crippen LogP contribution in [0.3, 0.4) is 0 Å². The summed E-state index contributed by atoms with van der Waals surface area (Å²) in [6.45, 7) is 6.06. The summed E-state index contributed by atoms with van der Waals surface area (Å²) < 4.78 is 0. The highest BCUT2D eigenvalue weighted by Crippen LogP contribution is 2.10. The molecule has 0 aliphatic carbocycles. The second-order valence-corrected chi connectivity index (χ2v) is 4.53. The van der Waals surface area contributed by atoms with Gasteiger partial charge in [-0.15, -0.1) is 0 Å². The molecule has 0 saturated carbocycles. The predicted molar refractivity (Wildman–Crippen MR) is 70.7 cm³/mol. The van der Waals surface area contributed by atoms with Gasteiger partial charge in [-0.2, -0.15) is 0 Å². The van der Waals surface area contributed by atoms with Crippen LogP contribution in [-0.2, 0) is 11.3 Å². The SMILES string of the molecule is Cc1ccc(C)c(CNCCCCC(N)=O)c1. The number of hydrogen-bond donors (Lipinski definition) is 2. The summed E-state index contributed by atoms with van der Waals surface area (Å²) in [4.78, 5) is 10.5. The molecule has 0 unspecified atom stereocenters. The second-order valence-electron chi connectivity index (χ2n) is 4.53. The van der Waals surface area contributed by atoms with Gasteiger partial charge < -0.3 is 11.1 Å². The van der Waals surface area contributed by atoms with E-state index in [4.69, 9.17) is 5.73 Å². The molecule has 3 N–H and O–H groups in total. The lowest BCUT2D eigenvalue weighted by Gasteiger charge is -2.08. The van der Waals surface area contributed by atoms with Gasteiger partial charge in [0.25, 0.3) is 0 Å². The molecule has 94 valence electrons. The molecule has 0 bridgehead atoms. The topological polar surface area (TPSA) is 55.1 Å². The van der Waals surface area contributed by atoms with Gasteiger partial charge in [-0.05, 0) is 44.4 Å². The Morgan fingerprint density at radius 1 is 1.29 bits per heavy atom. The Labute approximate surface area is 103 Å². The normalized spacial score (nSPS) is 10.5. The van der Waals surface area contributed by atoms with Crippen molar-refractivity contribution in [2.75, 3.05) is 6.54 Å². The number of aryl methyl sites for hydroxylation is 2. The average molecular weight is 234 g/mol. The van der Waals surface area contributed by atoms with Crippen LogP contribution in [0.4, 0.5) is 0 Å². The van der Waals surface area contributed by atoms with Crippen molar-refractivity contribution in [3.63, 3.8) is 0 Å². The number of rotatable bonds is 7. The number of unbranched alkanes of at least 4 members (excludes halogenated alkanes) is 1. The molecule has 1 aromatic carbocycles.